The number of rotatable bonds is 9. The van der Waals surface area contributed by atoms with Crippen LogP contribution in [0, 0.1) is 0 Å². The fourth-order valence-electron chi connectivity index (χ4n) is 5.82. The lowest BCUT2D eigenvalue weighted by molar-refractivity contribution is -0.319. The first-order valence-corrected chi connectivity index (χ1v) is 16.2. The third-order valence-electron chi connectivity index (χ3n) is 8.72. The molecule has 2 aliphatic heterocycles. The van der Waals surface area contributed by atoms with Crippen LogP contribution in [0.5, 0.6) is 28.7 Å². The molecular formula is C36H36O17. The van der Waals surface area contributed by atoms with E-state index in [1.807, 2.05) is 0 Å². The number of phenolic OH excluding ortho intramolecular Hbond substituents is 4. The van der Waals surface area contributed by atoms with E-state index in [2.05, 4.69) is 0 Å². The standard InChI is InChI=1S/C36H36O17/c1-15-26(42)29(45)31(47)35(49-15)48-14-23-27(43)30(46)34(52-24(41)11-4-16-2-7-18(37)8-3-16)36(51-23)53-33-28(44)25-21(40)12-20(39)13-22(25)50-32(33)17-5-9-19(38)10-6-17/h2-13,15,23,26-27,29-31,34-40,42-43,45-47H,14H2,1H3/b11-4+/t15-,23+,26+,27-,29+,30+,31+,34+,35-,36+/m1/s1. The molecule has 6 rings (SSSR count). The second-order valence-corrected chi connectivity index (χ2v) is 12.5. The van der Waals surface area contributed by atoms with Crippen LogP contribution in [-0.2, 0) is 23.7 Å². The highest BCUT2D eigenvalue weighted by atomic mass is 16.7. The molecule has 53 heavy (non-hydrogen) atoms. The number of aliphatic hydroxyl groups excluding tert-OH is 5. The maximum atomic E-state index is 14.0. The van der Waals surface area contributed by atoms with Gasteiger partial charge < -0.3 is 74.1 Å². The zero-order valence-electron chi connectivity index (χ0n) is 27.7. The van der Waals surface area contributed by atoms with E-state index in [-0.39, 0.29) is 28.4 Å². The van der Waals surface area contributed by atoms with Crippen molar-refractivity contribution in [3.8, 4) is 40.1 Å². The molecule has 0 aliphatic carbocycles. The third-order valence-corrected chi connectivity index (χ3v) is 8.72. The number of aromatic hydroxyl groups is 4. The van der Waals surface area contributed by atoms with Crippen LogP contribution in [0.15, 0.2) is 76.0 Å². The molecule has 10 atom stereocenters. The molecule has 1 aromatic heterocycles. The summed E-state index contributed by atoms with van der Waals surface area (Å²) in [6, 6.07) is 13.0. The fraction of sp³-hybridized carbons (Fsp3) is 0.333. The number of phenols is 4. The summed E-state index contributed by atoms with van der Waals surface area (Å²) in [7, 11) is 0. The highest BCUT2D eigenvalue weighted by Gasteiger charge is 2.50. The number of fused-ring (bicyclic) bond motifs is 1. The van der Waals surface area contributed by atoms with Crippen molar-refractivity contribution >= 4 is 23.0 Å². The van der Waals surface area contributed by atoms with Crippen LogP contribution >= 0.6 is 0 Å². The summed E-state index contributed by atoms with van der Waals surface area (Å²) in [4.78, 5) is 27.0. The van der Waals surface area contributed by atoms with Crippen molar-refractivity contribution in [3.05, 3.63) is 82.5 Å². The molecule has 17 nitrogen and oxygen atoms in total. The molecule has 2 saturated heterocycles. The van der Waals surface area contributed by atoms with Gasteiger partial charge in [-0.05, 0) is 55.0 Å². The van der Waals surface area contributed by atoms with Crippen molar-refractivity contribution in [2.24, 2.45) is 0 Å². The van der Waals surface area contributed by atoms with Crippen LogP contribution in [0.4, 0.5) is 0 Å². The monoisotopic (exact) mass is 740 g/mol. The molecule has 0 spiro atoms. The van der Waals surface area contributed by atoms with E-state index in [9.17, 15) is 55.5 Å². The van der Waals surface area contributed by atoms with Gasteiger partial charge in [0.1, 0.15) is 70.6 Å². The largest absolute Gasteiger partial charge is 0.508 e. The fourth-order valence-corrected chi connectivity index (χ4v) is 5.82. The van der Waals surface area contributed by atoms with Gasteiger partial charge in [0.25, 0.3) is 0 Å². The van der Waals surface area contributed by atoms with E-state index in [0.29, 0.717) is 5.56 Å². The normalized spacial score (nSPS) is 28.9. The lowest BCUT2D eigenvalue weighted by Gasteiger charge is -2.43. The molecular weight excluding hydrogens is 704 g/mol. The summed E-state index contributed by atoms with van der Waals surface area (Å²) in [6.07, 6.45) is -14.1. The minimum Gasteiger partial charge on any atom is -0.508 e. The number of hydrogen-bond acceptors (Lipinski definition) is 17. The van der Waals surface area contributed by atoms with Gasteiger partial charge in [-0.25, -0.2) is 4.79 Å². The van der Waals surface area contributed by atoms with E-state index < -0.39 is 102 Å². The SMILES string of the molecule is C[C@H]1O[C@@H](OC[C@@H]2O[C@@H](Oc3c(-c4ccc(O)cc4)oc4cc(O)cc(O)c4c3=O)[C@@H](OC(=O)/C=C/c3ccc(O)cc3)[C@@H](O)[C@@H]2O)[C@@H](O)[C@@H](O)[C@H]1O. The van der Waals surface area contributed by atoms with Gasteiger partial charge in [-0.1, -0.05) is 12.1 Å². The summed E-state index contributed by atoms with van der Waals surface area (Å²) in [5.41, 5.74) is -0.618. The lowest BCUT2D eigenvalue weighted by atomic mass is 9.98. The van der Waals surface area contributed by atoms with Gasteiger partial charge in [-0.2, -0.15) is 0 Å². The van der Waals surface area contributed by atoms with Gasteiger partial charge >= 0.3 is 5.97 Å². The topological polar surface area (TPSA) is 275 Å². The number of benzene rings is 3. The van der Waals surface area contributed by atoms with E-state index >= 15 is 0 Å². The average Bonchev–Trinajstić information content (AvgIpc) is 3.12. The number of hydrogen-bond donors (Lipinski definition) is 9. The van der Waals surface area contributed by atoms with Crippen molar-refractivity contribution in [1.82, 2.24) is 0 Å². The molecule has 282 valence electrons. The Hall–Kier alpha value is -5.24. The maximum Gasteiger partial charge on any atom is 0.331 e. The molecule has 0 radical (unpaired) electrons. The second kappa shape index (κ2) is 15.4. The highest BCUT2D eigenvalue weighted by molar-refractivity contribution is 5.88. The van der Waals surface area contributed by atoms with Crippen molar-refractivity contribution in [2.45, 2.75) is 68.3 Å². The molecule has 9 N–H and O–H groups in total. The Kier molecular flexibility index (Phi) is 10.9. The van der Waals surface area contributed by atoms with Crippen LogP contribution in [0.25, 0.3) is 28.4 Å². The van der Waals surface area contributed by atoms with Gasteiger partial charge in [0, 0.05) is 23.8 Å². The molecule has 4 aromatic rings. The summed E-state index contributed by atoms with van der Waals surface area (Å²) in [5, 5.41) is 92.7. The molecule has 3 heterocycles. The number of esters is 1. The summed E-state index contributed by atoms with van der Waals surface area (Å²) in [5.74, 6) is -3.27. The predicted molar refractivity (Wildman–Crippen MR) is 180 cm³/mol. The molecule has 2 aliphatic rings. The van der Waals surface area contributed by atoms with Crippen molar-refractivity contribution < 1.29 is 78.9 Å². The predicted octanol–water partition coefficient (Wildman–Crippen LogP) is 0.577. The van der Waals surface area contributed by atoms with E-state index in [4.69, 9.17) is 28.1 Å². The van der Waals surface area contributed by atoms with Gasteiger partial charge in [-0.3, -0.25) is 4.79 Å². The van der Waals surface area contributed by atoms with E-state index in [0.717, 1.165) is 18.2 Å². The van der Waals surface area contributed by atoms with Crippen LogP contribution in [0.2, 0.25) is 0 Å². The minimum atomic E-state index is -1.98. The Bertz CT molecular complexity index is 2010. The average molecular weight is 741 g/mol. The molecule has 0 saturated carbocycles. The first kappa shape index (κ1) is 37.5. The second-order valence-electron chi connectivity index (χ2n) is 12.5. The molecule has 17 heteroatoms. The first-order chi connectivity index (χ1) is 25.2. The van der Waals surface area contributed by atoms with Gasteiger partial charge in [0.05, 0.1) is 12.7 Å². The lowest BCUT2D eigenvalue weighted by Crippen LogP contribution is -2.62. The zero-order chi connectivity index (χ0) is 38.1. The Morgan fingerprint density at radius 1 is 0.774 bits per heavy atom. The van der Waals surface area contributed by atoms with Crippen molar-refractivity contribution in [2.75, 3.05) is 6.61 Å². The van der Waals surface area contributed by atoms with E-state index in [1.165, 1.54) is 61.5 Å². The smallest absolute Gasteiger partial charge is 0.331 e. The van der Waals surface area contributed by atoms with Crippen LogP contribution in [0.3, 0.4) is 0 Å². The summed E-state index contributed by atoms with van der Waals surface area (Å²) < 4.78 is 34.4. The van der Waals surface area contributed by atoms with Crippen molar-refractivity contribution in [3.63, 3.8) is 0 Å². The van der Waals surface area contributed by atoms with Crippen LogP contribution < -0.4 is 10.2 Å². The molecule has 2 fully saturated rings. The summed E-state index contributed by atoms with van der Waals surface area (Å²) >= 11 is 0. The molecule has 0 amide bonds. The molecule has 0 bridgehead atoms. The number of aliphatic hydroxyl groups is 5. The molecule has 3 aromatic carbocycles. The number of carbonyl (C=O) groups is 1. The minimum absolute atomic E-state index is 0.0116. The molecule has 0 unspecified atom stereocenters. The van der Waals surface area contributed by atoms with Crippen molar-refractivity contribution in [1.29, 1.82) is 0 Å². The number of ether oxygens (including phenoxy) is 5. The van der Waals surface area contributed by atoms with Crippen LogP contribution in [0.1, 0.15) is 12.5 Å². The van der Waals surface area contributed by atoms with Gasteiger partial charge in [0.15, 0.2) is 18.2 Å². The Morgan fingerprint density at radius 3 is 2.11 bits per heavy atom. The Balaban J connectivity index is 1.36. The van der Waals surface area contributed by atoms with Gasteiger partial charge in [-0.15, -0.1) is 0 Å². The Labute approximate surface area is 299 Å². The highest BCUT2D eigenvalue weighted by Crippen LogP contribution is 2.38. The summed E-state index contributed by atoms with van der Waals surface area (Å²) in [6.45, 7) is 0.776. The quantitative estimate of drug-likeness (QED) is 0.0838. The first-order valence-electron chi connectivity index (χ1n) is 16.2. The zero-order valence-corrected chi connectivity index (χ0v) is 27.7. The maximum absolute atomic E-state index is 14.0. The van der Waals surface area contributed by atoms with Crippen LogP contribution in [-0.4, -0.2) is 120 Å². The van der Waals surface area contributed by atoms with Gasteiger partial charge in [0.2, 0.25) is 17.5 Å². The Morgan fingerprint density at radius 2 is 1.43 bits per heavy atom. The third kappa shape index (κ3) is 7.92. The number of carbonyl (C=O) groups excluding carboxylic acids is 1. The van der Waals surface area contributed by atoms with E-state index in [1.54, 1.807) is 0 Å².